The van der Waals surface area contributed by atoms with E-state index in [4.69, 9.17) is 10.2 Å². The van der Waals surface area contributed by atoms with Crippen molar-refractivity contribution in [3.8, 4) is 0 Å². The zero-order valence-corrected chi connectivity index (χ0v) is 13.1. The maximum absolute atomic E-state index is 9.64. The summed E-state index contributed by atoms with van der Waals surface area (Å²) in [7, 11) is 0. The van der Waals surface area contributed by atoms with Crippen LogP contribution in [0.25, 0.3) is 0 Å². The zero-order valence-electron chi connectivity index (χ0n) is 11.1. The number of unbranched alkanes of at least 4 members (excludes halogenated alkanes) is 5. The number of hydrogen-bond donors (Lipinski definition) is 2. The van der Waals surface area contributed by atoms with Gasteiger partial charge in [-0.25, -0.2) is 0 Å². The molecule has 2 N–H and O–H groups in total. The second kappa shape index (κ2) is 18.3. The van der Waals surface area contributed by atoms with E-state index in [1.807, 2.05) is 0 Å². The number of hydrogen-bond acceptors (Lipinski definition) is 2. The van der Waals surface area contributed by atoms with E-state index in [1.54, 1.807) is 0 Å². The molecule has 0 aliphatic heterocycles. The van der Waals surface area contributed by atoms with Crippen molar-refractivity contribution in [1.82, 2.24) is 0 Å². The molecule has 0 rings (SSSR count). The van der Waals surface area contributed by atoms with Crippen LogP contribution in [-0.2, 0) is 9.59 Å². The average Bonchev–Trinajstić information content (AvgIpc) is 2.23. The summed E-state index contributed by atoms with van der Waals surface area (Å²) < 4.78 is 0. The summed E-state index contributed by atoms with van der Waals surface area (Å²) in [4.78, 5) is 19.3. The van der Waals surface area contributed by atoms with E-state index in [1.165, 1.54) is 32.1 Å². The van der Waals surface area contributed by atoms with E-state index in [0.29, 0.717) is 0 Å². The zero-order chi connectivity index (χ0) is 12.8. The van der Waals surface area contributed by atoms with Gasteiger partial charge in [-0.3, -0.25) is 9.59 Å². The third-order valence-corrected chi connectivity index (χ3v) is 1.91. The Balaban J connectivity index is -0.000000218. The van der Waals surface area contributed by atoms with Crippen LogP contribution in [0.15, 0.2) is 0 Å². The molecule has 0 radical (unpaired) electrons. The number of carboxylic acids is 2. The van der Waals surface area contributed by atoms with Crippen molar-refractivity contribution in [2.75, 3.05) is 0 Å². The summed E-state index contributed by atoms with van der Waals surface area (Å²) in [6, 6.07) is 0. The molecule has 0 fully saturated rings. The molecule has 0 saturated heterocycles. The van der Waals surface area contributed by atoms with Crippen LogP contribution in [0.4, 0.5) is 0 Å². The van der Waals surface area contributed by atoms with Crippen LogP contribution in [0.2, 0.25) is 0 Å². The molecule has 0 saturated carbocycles. The fraction of sp³-hybridized carbons (Fsp3) is 0.750. The van der Waals surface area contributed by atoms with Crippen LogP contribution in [0.3, 0.4) is 0 Å². The molecule has 0 aliphatic carbocycles. The molecule has 0 amide bonds. The third-order valence-electron chi connectivity index (χ3n) is 1.91. The first kappa shape index (κ1) is 22.1. The first-order valence-corrected chi connectivity index (χ1v) is 5.77. The van der Waals surface area contributed by atoms with Crippen LogP contribution in [0, 0.1) is 6.92 Å². The molecule has 5 heteroatoms. The molecule has 0 aliphatic rings. The van der Waals surface area contributed by atoms with E-state index in [-0.39, 0.29) is 42.4 Å². The van der Waals surface area contributed by atoms with E-state index in [0.717, 1.165) is 6.42 Å². The van der Waals surface area contributed by atoms with Gasteiger partial charge in [0.05, 0.1) is 12.8 Å². The molecule has 0 aromatic rings. The van der Waals surface area contributed by atoms with Crippen molar-refractivity contribution in [2.24, 2.45) is 0 Å². The molecular formula is C12H23NaO4. The predicted octanol–water partition coefficient (Wildman–Crippen LogP) is 0.121. The topological polar surface area (TPSA) is 74.6 Å². The first-order valence-electron chi connectivity index (χ1n) is 5.77. The largest absolute Gasteiger partial charge is 1.00 e. The molecule has 4 nitrogen and oxygen atoms in total. The maximum Gasteiger partial charge on any atom is 1.00 e. The van der Waals surface area contributed by atoms with Gasteiger partial charge in [-0.1, -0.05) is 39.0 Å². The Hall–Kier alpha value is -0.0600. The van der Waals surface area contributed by atoms with Gasteiger partial charge in [0, 0.05) is 0 Å². The van der Waals surface area contributed by atoms with Crippen LogP contribution < -0.4 is 29.6 Å². The van der Waals surface area contributed by atoms with Crippen LogP contribution >= 0.6 is 0 Å². The Kier molecular flexibility index (Phi) is 23.9. The third kappa shape index (κ3) is 31.4. The second-order valence-corrected chi connectivity index (χ2v) is 3.56. The average molecular weight is 254 g/mol. The van der Waals surface area contributed by atoms with Gasteiger partial charge in [-0.2, -0.15) is 6.42 Å². The minimum absolute atomic E-state index is 0. The number of carbonyl (C=O) groups is 2. The van der Waals surface area contributed by atoms with E-state index >= 15 is 0 Å². The van der Waals surface area contributed by atoms with Gasteiger partial charge in [-0.05, 0) is 0 Å². The number of aliphatic carboxylic acids is 2. The van der Waals surface area contributed by atoms with Gasteiger partial charge in [0.15, 0.2) is 0 Å². The van der Waals surface area contributed by atoms with Crippen LogP contribution in [0.5, 0.6) is 0 Å². The summed E-state index contributed by atoms with van der Waals surface area (Å²) in [6.07, 6.45) is 7.38. The van der Waals surface area contributed by atoms with E-state index < -0.39 is 11.9 Å². The van der Waals surface area contributed by atoms with Crippen LogP contribution in [-0.4, -0.2) is 22.2 Å². The maximum atomic E-state index is 9.64. The van der Waals surface area contributed by atoms with E-state index in [2.05, 4.69) is 13.8 Å². The Bertz CT molecular complexity index is 163. The SMILES string of the molecule is O=C(O)CCC(=O)O.[CH2-]CCCCCCC.[Na+]. The Morgan fingerprint density at radius 3 is 1.65 bits per heavy atom. The molecule has 0 atom stereocenters. The monoisotopic (exact) mass is 254 g/mol. The molecule has 0 bridgehead atoms. The van der Waals surface area contributed by atoms with Crippen molar-refractivity contribution in [1.29, 1.82) is 0 Å². The van der Waals surface area contributed by atoms with Gasteiger partial charge in [0.1, 0.15) is 0 Å². The molecule has 0 aromatic carbocycles. The van der Waals surface area contributed by atoms with Crippen molar-refractivity contribution in [3.05, 3.63) is 6.92 Å². The van der Waals surface area contributed by atoms with Gasteiger partial charge in [-0.15, -0.1) is 0 Å². The van der Waals surface area contributed by atoms with Crippen molar-refractivity contribution >= 4 is 11.9 Å². The van der Waals surface area contributed by atoms with E-state index in [9.17, 15) is 9.59 Å². The van der Waals surface area contributed by atoms with Crippen molar-refractivity contribution in [3.63, 3.8) is 0 Å². The first-order chi connectivity index (χ1) is 7.54. The molecule has 0 spiro atoms. The van der Waals surface area contributed by atoms with Gasteiger partial charge < -0.3 is 17.1 Å². The Morgan fingerprint density at radius 2 is 1.35 bits per heavy atom. The molecular weight excluding hydrogens is 231 g/mol. The number of rotatable bonds is 8. The summed E-state index contributed by atoms with van der Waals surface area (Å²) in [6.45, 7) is 6.02. The minimum atomic E-state index is -1.08. The summed E-state index contributed by atoms with van der Waals surface area (Å²) in [5.41, 5.74) is 0. The number of carboxylic acid groups (broad SMARTS) is 2. The smallest absolute Gasteiger partial charge is 0.481 e. The molecule has 0 unspecified atom stereocenters. The van der Waals surface area contributed by atoms with Gasteiger partial charge >= 0.3 is 41.5 Å². The predicted molar refractivity (Wildman–Crippen MR) is 63.2 cm³/mol. The fourth-order valence-corrected chi connectivity index (χ4v) is 0.994. The quantitative estimate of drug-likeness (QED) is 0.366. The Labute approximate surface area is 126 Å². The minimum Gasteiger partial charge on any atom is -0.481 e. The molecule has 0 aromatic heterocycles. The van der Waals surface area contributed by atoms with Gasteiger partial charge in [0.25, 0.3) is 0 Å². The summed E-state index contributed by atoms with van der Waals surface area (Å²) in [5.74, 6) is -2.15. The second-order valence-electron chi connectivity index (χ2n) is 3.56. The fourth-order valence-electron chi connectivity index (χ4n) is 0.994. The summed E-state index contributed by atoms with van der Waals surface area (Å²) >= 11 is 0. The molecule has 17 heavy (non-hydrogen) atoms. The normalized spacial score (nSPS) is 8.59. The summed E-state index contributed by atoms with van der Waals surface area (Å²) in [5, 5.41) is 15.8. The van der Waals surface area contributed by atoms with Crippen molar-refractivity contribution in [2.45, 2.75) is 58.3 Å². The Morgan fingerprint density at radius 1 is 0.941 bits per heavy atom. The molecule has 96 valence electrons. The standard InChI is InChI=1S/C8H17.C4H6O4.Na/c1-3-5-7-8-6-4-2;5-3(6)1-2-4(7)8;/h1,3-8H2,2H3;1-2H2,(H,5,6)(H,7,8);/q-1;;+1. The van der Waals surface area contributed by atoms with Crippen LogP contribution in [0.1, 0.15) is 58.3 Å². The molecule has 0 heterocycles. The van der Waals surface area contributed by atoms with Gasteiger partial charge in [0.2, 0.25) is 0 Å². The van der Waals surface area contributed by atoms with Crippen molar-refractivity contribution < 1.29 is 49.4 Å².